The van der Waals surface area contributed by atoms with Crippen LogP contribution in [-0.2, 0) is 11.2 Å². The van der Waals surface area contributed by atoms with Crippen molar-refractivity contribution in [2.24, 2.45) is 29.1 Å². The molecule has 2 fully saturated rings. The molecule has 4 atom stereocenters. The van der Waals surface area contributed by atoms with E-state index in [0.717, 1.165) is 5.56 Å². The standard InChI is InChI=1S/C26H27N3O3S/c1-14-3-2-4-15(9-14)24(32)29-25-28-20-11-16(12-21(30)22(20)33-25)23(31)27-13-17-10-18-5-6-19(17)26(18)7-8-26/h2-6,9,16-19H,7-8,10-13H2,1H3,(H,27,31)(H,28,29,32)/t16-,17+,18-,19-/m1/s1. The van der Waals surface area contributed by atoms with Gasteiger partial charge in [-0.1, -0.05) is 41.2 Å². The molecule has 2 bridgehead atoms. The largest absolute Gasteiger partial charge is 0.356 e. The quantitative estimate of drug-likeness (QED) is 0.655. The second kappa shape index (κ2) is 7.62. The molecule has 170 valence electrons. The van der Waals surface area contributed by atoms with Gasteiger partial charge < -0.3 is 5.32 Å². The fourth-order valence-electron chi connectivity index (χ4n) is 6.26. The smallest absolute Gasteiger partial charge is 0.257 e. The number of nitrogens with zero attached hydrogens (tertiary/aromatic N) is 1. The van der Waals surface area contributed by atoms with Gasteiger partial charge in [0.15, 0.2) is 10.9 Å². The summed E-state index contributed by atoms with van der Waals surface area (Å²) < 4.78 is 0. The zero-order chi connectivity index (χ0) is 22.7. The van der Waals surface area contributed by atoms with Crippen molar-refractivity contribution in [3.8, 4) is 0 Å². The molecule has 33 heavy (non-hydrogen) atoms. The minimum atomic E-state index is -0.392. The highest BCUT2D eigenvalue weighted by Crippen LogP contribution is 2.69. The monoisotopic (exact) mass is 461 g/mol. The molecule has 2 aromatic rings. The van der Waals surface area contributed by atoms with Gasteiger partial charge in [-0.15, -0.1) is 0 Å². The molecule has 4 aliphatic carbocycles. The Morgan fingerprint density at radius 3 is 2.82 bits per heavy atom. The van der Waals surface area contributed by atoms with E-state index < -0.39 is 5.92 Å². The lowest BCUT2D eigenvalue weighted by molar-refractivity contribution is -0.125. The lowest BCUT2D eigenvalue weighted by Crippen LogP contribution is -2.38. The van der Waals surface area contributed by atoms with Crippen LogP contribution in [0.25, 0.3) is 0 Å². The van der Waals surface area contributed by atoms with Gasteiger partial charge in [0.25, 0.3) is 5.91 Å². The van der Waals surface area contributed by atoms with Gasteiger partial charge >= 0.3 is 0 Å². The van der Waals surface area contributed by atoms with Crippen molar-refractivity contribution in [3.05, 3.63) is 58.1 Å². The maximum absolute atomic E-state index is 12.9. The number of thiazole rings is 1. The fraction of sp³-hybridized carbons (Fsp3) is 0.462. The molecular weight excluding hydrogens is 434 g/mol. The highest BCUT2D eigenvalue weighted by atomic mass is 32.1. The number of aryl methyl sites for hydroxylation is 1. The van der Waals surface area contributed by atoms with Crippen molar-refractivity contribution in [1.82, 2.24) is 10.3 Å². The molecular formula is C26H27N3O3S. The predicted molar refractivity (Wildman–Crippen MR) is 126 cm³/mol. The predicted octanol–water partition coefficient (Wildman–Crippen LogP) is 4.17. The second-order valence-electron chi connectivity index (χ2n) is 10.1. The van der Waals surface area contributed by atoms with Crippen molar-refractivity contribution in [2.75, 3.05) is 11.9 Å². The Morgan fingerprint density at radius 2 is 2.06 bits per heavy atom. The Morgan fingerprint density at radius 1 is 1.21 bits per heavy atom. The summed E-state index contributed by atoms with van der Waals surface area (Å²) in [5.41, 5.74) is 2.69. The number of carbonyl (C=O) groups excluding carboxylic acids is 3. The Hall–Kier alpha value is -2.80. The number of aromatic nitrogens is 1. The van der Waals surface area contributed by atoms with E-state index in [1.54, 1.807) is 6.07 Å². The van der Waals surface area contributed by atoms with Crippen LogP contribution >= 0.6 is 11.3 Å². The summed E-state index contributed by atoms with van der Waals surface area (Å²) in [7, 11) is 0. The Balaban J connectivity index is 1.09. The summed E-state index contributed by atoms with van der Waals surface area (Å²) in [6.45, 7) is 2.62. The van der Waals surface area contributed by atoms with Crippen molar-refractivity contribution in [2.45, 2.75) is 39.0 Å². The molecule has 1 spiro atoms. The molecule has 2 N–H and O–H groups in total. The van der Waals surface area contributed by atoms with E-state index in [1.807, 2.05) is 25.1 Å². The van der Waals surface area contributed by atoms with E-state index in [9.17, 15) is 14.4 Å². The number of nitrogens with one attached hydrogen (secondary N) is 2. The Bertz CT molecular complexity index is 1200. The van der Waals surface area contributed by atoms with E-state index in [2.05, 4.69) is 27.8 Å². The molecule has 0 radical (unpaired) electrons. The summed E-state index contributed by atoms with van der Waals surface area (Å²) in [5.74, 6) is 1.07. The van der Waals surface area contributed by atoms with Crippen LogP contribution in [0.3, 0.4) is 0 Å². The normalized spacial score (nSPS) is 28.1. The Labute approximate surface area is 196 Å². The SMILES string of the molecule is Cc1cccc(C(=O)Nc2nc3c(s2)C(=O)C[C@H](C(=O)NC[C@@H]2C[C@H]4C=C[C@H]2C42CC2)C3)c1. The molecule has 2 saturated carbocycles. The molecule has 1 aromatic carbocycles. The number of anilines is 1. The summed E-state index contributed by atoms with van der Waals surface area (Å²) in [6.07, 6.45) is 9.21. The summed E-state index contributed by atoms with van der Waals surface area (Å²) >= 11 is 1.20. The van der Waals surface area contributed by atoms with Gasteiger partial charge in [0.2, 0.25) is 5.91 Å². The van der Waals surface area contributed by atoms with E-state index >= 15 is 0 Å². The van der Waals surface area contributed by atoms with Gasteiger partial charge in [0, 0.05) is 24.9 Å². The summed E-state index contributed by atoms with van der Waals surface area (Å²) in [5, 5.41) is 6.36. The van der Waals surface area contributed by atoms with E-state index in [0.29, 0.717) is 57.4 Å². The number of hydrogen-bond donors (Lipinski definition) is 2. The van der Waals surface area contributed by atoms with Crippen molar-refractivity contribution >= 4 is 34.1 Å². The number of amides is 2. The second-order valence-corrected chi connectivity index (χ2v) is 11.1. The third kappa shape index (κ3) is 3.53. The van der Waals surface area contributed by atoms with E-state index in [1.165, 1.54) is 30.6 Å². The lowest BCUT2D eigenvalue weighted by atomic mass is 9.87. The number of Topliss-reactive ketones (excluding diaryl/α,β-unsaturated/α-hetero) is 1. The van der Waals surface area contributed by atoms with Gasteiger partial charge in [0.05, 0.1) is 16.5 Å². The topological polar surface area (TPSA) is 88.2 Å². The van der Waals surface area contributed by atoms with Crippen molar-refractivity contribution in [1.29, 1.82) is 0 Å². The number of fused-ring (bicyclic) bond motifs is 1. The van der Waals surface area contributed by atoms with Gasteiger partial charge in [-0.05, 0) is 61.5 Å². The van der Waals surface area contributed by atoms with Crippen LogP contribution in [0.2, 0.25) is 0 Å². The van der Waals surface area contributed by atoms with E-state index in [-0.39, 0.29) is 24.0 Å². The minimum absolute atomic E-state index is 0.0519. The van der Waals surface area contributed by atoms with Gasteiger partial charge in [-0.2, -0.15) is 0 Å². The number of carbonyl (C=O) groups is 3. The average molecular weight is 462 g/mol. The molecule has 1 aromatic heterocycles. The number of hydrogen-bond acceptors (Lipinski definition) is 5. The average Bonchev–Trinajstić information content (AvgIpc) is 3.28. The maximum atomic E-state index is 12.9. The molecule has 2 amide bonds. The first-order chi connectivity index (χ1) is 15.9. The number of allylic oxidation sites excluding steroid dienone is 2. The zero-order valence-corrected chi connectivity index (χ0v) is 19.4. The molecule has 7 heteroatoms. The third-order valence-corrected chi connectivity index (χ3v) is 9.13. The highest BCUT2D eigenvalue weighted by molar-refractivity contribution is 7.17. The van der Waals surface area contributed by atoms with Crippen LogP contribution in [0, 0.1) is 36.0 Å². The van der Waals surface area contributed by atoms with Crippen molar-refractivity contribution in [3.63, 3.8) is 0 Å². The van der Waals surface area contributed by atoms with Crippen molar-refractivity contribution < 1.29 is 14.4 Å². The molecule has 0 saturated heterocycles. The van der Waals surface area contributed by atoms with Crippen LogP contribution in [-0.4, -0.2) is 29.1 Å². The molecule has 1 heterocycles. The first-order valence-electron chi connectivity index (χ1n) is 11.8. The molecule has 4 aliphatic rings. The Kier molecular flexibility index (Phi) is 4.80. The van der Waals surface area contributed by atoms with Gasteiger partial charge in [-0.3, -0.25) is 19.7 Å². The minimum Gasteiger partial charge on any atom is -0.356 e. The van der Waals surface area contributed by atoms with Crippen LogP contribution in [0.1, 0.15) is 57.0 Å². The van der Waals surface area contributed by atoms with Crippen LogP contribution in [0.15, 0.2) is 36.4 Å². The summed E-state index contributed by atoms with van der Waals surface area (Å²) in [4.78, 5) is 43.3. The van der Waals surface area contributed by atoms with Crippen LogP contribution in [0.5, 0.6) is 0 Å². The fourth-order valence-corrected chi connectivity index (χ4v) is 7.19. The zero-order valence-electron chi connectivity index (χ0n) is 18.6. The molecule has 6 rings (SSSR count). The van der Waals surface area contributed by atoms with Crippen LogP contribution < -0.4 is 10.6 Å². The highest BCUT2D eigenvalue weighted by Gasteiger charge is 2.62. The van der Waals surface area contributed by atoms with Gasteiger partial charge in [-0.25, -0.2) is 4.98 Å². The number of rotatable bonds is 5. The number of ketones is 1. The lowest BCUT2D eigenvalue weighted by Gasteiger charge is -2.23. The van der Waals surface area contributed by atoms with E-state index in [4.69, 9.17) is 0 Å². The molecule has 0 unspecified atom stereocenters. The first-order valence-corrected chi connectivity index (χ1v) is 12.6. The maximum Gasteiger partial charge on any atom is 0.257 e. The number of benzene rings is 1. The molecule has 6 nitrogen and oxygen atoms in total. The van der Waals surface area contributed by atoms with Crippen LogP contribution in [0.4, 0.5) is 5.13 Å². The van der Waals surface area contributed by atoms with Gasteiger partial charge in [0.1, 0.15) is 0 Å². The molecule has 0 aliphatic heterocycles. The first kappa shape index (κ1) is 20.8. The summed E-state index contributed by atoms with van der Waals surface area (Å²) in [6, 6.07) is 7.33. The third-order valence-electron chi connectivity index (χ3n) is 8.08.